The number of benzene rings is 1. The van der Waals surface area contributed by atoms with Crippen LogP contribution in [0.25, 0.3) is 5.70 Å². The normalized spacial score (nSPS) is 22.0. The lowest BCUT2D eigenvalue weighted by Crippen LogP contribution is -2.48. The van der Waals surface area contributed by atoms with Crippen molar-refractivity contribution >= 4 is 34.7 Å². The summed E-state index contributed by atoms with van der Waals surface area (Å²) < 4.78 is 5.69. The molecule has 1 fully saturated rings. The fraction of sp³-hybridized carbons (Fsp3) is 0.273. The Morgan fingerprint density at radius 2 is 1.87 bits per heavy atom. The van der Waals surface area contributed by atoms with Crippen molar-refractivity contribution in [3.63, 3.8) is 0 Å². The molecule has 30 heavy (non-hydrogen) atoms. The van der Waals surface area contributed by atoms with E-state index < -0.39 is 0 Å². The summed E-state index contributed by atoms with van der Waals surface area (Å²) in [4.78, 5) is 32.4. The number of ether oxygens (including phenoxy) is 1. The Balaban J connectivity index is 1.71. The molecule has 8 heteroatoms. The number of carbonyl (C=O) groups excluding carboxylic acids is 2. The third-order valence-electron chi connectivity index (χ3n) is 4.91. The molecule has 7 nitrogen and oxygen atoms in total. The standard InChI is InChI=1S/C22H20N4O3S/c1-13-11-26(12-14(2)29-13)22(28)17(10-23)19-15-6-3-4-7-16(15)20(24-19)25-21(27)18-8-5-9-30-18/h3-9,13-14H,11-12H2,1-2H3,(H,24,25,27)/b19-17-/t13-,14+. The van der Waals surface area contributed by atoms with Gasteiger partial charge in [0.1, 0.15) is 17.5 Å². The first kappa shape index (κ1) is 20.0. The number of rotatable bonds is 2. The molecule has 2 atom stereocenters. The highest BCUT2D eigenvalue weighted by molar-refractivity contribution is 7.12. The highest BCUT2D eigenvalue weighted by atomic mass is 32.1. The molecule has 0 spiro atoms. The van der Waals surface area contributed by atoms with Crippen LogP contribution in [0.3, 0.4) is 0 Å². The van der Waals surface area contributed by atoms with E-state index in [-0.39, 0.29) is 35.3 Å². The molecule has 0 bridgehead atoms. The van der Waals surface area contributed by atoms with E-state index in [1.165, 1.54) is 11.3 Å². The van der Waals surface area contributed by atoms with Crippen molar-refractivity contribution < 1.29 is 14.3 Å². The average Bonchev–Trinajstić information content (AvgIpc) is 3.37. The van der Waals surface area contributed by atoms with E-state index in [1.807, 2.05) is 43.5 Å². The molecule has 0 saturated carbocycles. The average molecular weight is 420 g/mol. The minimum absolute atomic E-state index is 0.0378. The second kappa shape index (κ2) is 8.22. The van der Waals surface area contributed by atoms with E-state index in [9.17, 15) is 14.9 Å². The van der Waals surface area contributed by atoms with Gasteiger partial charge in [0.05, 0.1) is 22.8 Å². The lowest BCUT2D eigenvalue weighted by atomic mass is 10.0. The summed E-state index contributed by atoms with van der Waals surface area (Å²) in [5.41, 5.74) is 1.58. The second-order valence-electron chi connectivity index (χ2n) is 7.24. The summed E-state index contributed by atoms with van der Waals surface area (Å²) in [6, 6.07) is 12.8. The Kier molecular flexibility index (Phi) is 5.48. The highest BCUT2D eigenvalue weighted by Crippen LogP contribution is 2.31. The fourth-order valence-corrected chi connectivity index (χ4v) is 4.31. The van der Waals surface area contributed by atoms with Crippen LogP contribution in [-0.4, -0.2) is 47.8 Å². The zero-order valence-corrected chi connectivity index (χ0v) is 17.4. The Morgan fingerprint density at radius 3 is 2.50 bits per heavy atom. The molecule has 0 unspecified atom stereocenters. The summed E-state index contributed by atoms with van der Waals surface area (Å²) in [6.45, 7) is 4.62. The first-order chi connectivity index (χ1) is 14.5. The molecule has 2 amide bonds. The van der Waals surface area contributed by atoms with Crippen LogP contribution in [0.15, 0.2) is 52.3 Å². The lowest BCUT2D eigenvalue weighted by molar-refractivity contribution is -0.138. The number of amidine groups is 1. The number of nitrogens with one attached hydrogen (secondary N) is 1. The molecule has 0 aliphatic carbocycles. The molecule has 1 N–H and O–H groups in total. The Hall–Kier alpha value is -3.28. The summed E-state index contributed by atoms with van der Waals surface area (Å²) >= 11 is 1.33. The number of carbonyl (C=O) groups is 2. The molecular weight excluding hydrogens is 400 g/mol. The van der Waals surface area contributed by atoms with Gasteiger partial charge in [-0.2, -0.15) is 5.26 Å². The maximum atomic E-state index is 13.2. The summed E-state index contributed by atoms with van der Waals surface area (Å²) in [5.74, 6) is -0.317. The molecule has 0 radical (unpaired) electrons. The quantitative estimate of drug-likeness (QED) is 0.597. The van der Waals surface area contributed by atoms with E-state index >= 15 is 0 Å². The Labute approximate surface area is 178 Å². The minimum Gasteiger partial charge on any atom is -0.372 e. The SMILES string of the molecule is C[C@@H]1CN(C(=O)/C(C#N)=C2\N=C(NC(=O)c3cccs3)c3ccccc32)C[C@H](C)O1. The number of hydrogen-bond acceptors (Lipinski definition) is 6. The van der Waals surface area contributed by atoms with Gasteiger partial charge in [-0.25, -0.2) is 4.99 Å². The number of nitrogens with zero attached hydrogens (tertiary/aromatic N) is 3. The number of amides is 2. The van der Waals surface area contributed by atoms with Crippen LogP contribution < -0.4 is 5.32 Å². The van der Waals surface area contributed by atoms with Crippen molar-refractivity contribution in [2.24, 2.45) is 4.99 Å². The van der Waals surface area contributed by atoms with Crippen molar-refractivity contribution in [3.8, 4) is 6.07 Å². The molecule has 2 aliphatic rings. The van der Waals surface area contributed by atoms with Crippen LogP contribution in [0.1, 0.15) is 34.6 Å². The van der Waals surface area contributed by atoms with Gasteiger partial charge in [0.25, 0.3) is 11.8 Å². The van der Waals surface area contributed by atoms with Gasteiger partial charge in [-0.3, -0.25) is 9.59 Å². The molecule has 2 aliphatic heterocycles. The van der Waals surface area contributed by atoms with Gasteiger partial charge in [0.15, 0.2) is 0 Å². The van der Waals surface area contributed by atoms with Crippen LogP contribution in [0.5, 0.6) is 0 Å². The third kappa shape index (κ3) is 3.77. The first-order valence-corrected chi connectivity index (χ1v) is 10.5. The molecule has 2 aromatic rings. The molecule has 1 aromatic heterocycles. The molecule has 1 aromatic carbocycles. The van der Waals surface area contributed by atoms with Gasteiger partial charge in [0.2, 0.25) is 0 Å². The van der Waals surface area contributed by atoms with E-state index in [0.717, 1.165) is 0 Å². The molecule has 3 heterocycles. The zero-order chi connectivity index (χ0) is 21.3. The monoisotopic (exact) mass is 420 g/mol. The first-order valence-electron chi connectivity index (χ1n) is 9.60. The molecule has 4 rings (SSSR count). The fourth-order valence-electron chi connectivity index (χ4n) is 3.70. The predicted octanol–water partition coefficient (Wildman–Crippen LogP) is 2.81. The van der Waals surface area contributed by atoms with Gasteiger partial charge in [0, 0.05) is 24.2 Å². The van der Waals surface area contributed by atoms with Crippen LogP contribution >= 0.6 is 11.3 Å². The minimum atomic E-state index is -0.376. The van der Waals surface area contributed by atoms with Gasteiger partial charge in [-0.05, 0) is 25.3 Å². The number of fused-ring (bicyclic) bond motifs is 1. The maximum absolute atomic E-state index is 13.2. The smallest absolute Gasteiger partial charge is 0.266 e. The van der Waals surface area contributed by atoms with Crippen molar-refractivity contribution in [2.45, 2.75) is 26.1 Å². The second-order valence-corrected chi connectivity index (χ2v) is 8.19. The van der Waals surface area contributed by atoms with Gasteiger partial charge in [-0.15, -0.1) is 11.3 Å². The zero-order valence-electron chi connectivity index (χ0n) is 16.6. The number of hydrogen-bond donors (Lipinski definition) is 1. The molecule has 1 saturated heterocycles. The van der Waals surface area contributed by atoms with Gasteiger partial charge in [-0.1, -0.05) is 30.3 Å². The van der Waals surface area contributed by atoms with E-state index in [0.29, 0.717) is 34.9 Å². The van der Waals surface area contributed by atoms with E-state index in [4.69, 9.17) is 4.74 Å². The van der Waals surface area contributed by atoms with E-state index in [2.05, 4.69) is 10.3 Å². The number of nitriles is 1. The highest BCUT2D eigenvalue weighted by Gasteiger charge is 2.32. The number of thiophene rings is 1. The number of aliphatic imine (C=N–C) groups is 1. The topological polar surface area (TPSA) is 94.8 Å². The van der Waals surface area contributed by atoms with Crippen molar-refractivity contribution in [1.29, 1.82) is 5.26 Å². The Bertz CT molecular complexity index is 1090. The summed E-state index contributed by atoms with van der Waals surface area (Å²) in [7, 11) is 0. The molecular formula is C22H20N4O3S. The summed E-state index contributed by atoms with van der Waals surface area (Å²) in [6.07, 6.45) is -0.217. The third-order valence-corrected chi connectivity index (χ3v) is 5.78. The van der Waals surface area contributed by atoms with Crippen LogP contribution in [0.2, 0.25) is 0 Å². The molecule has 152 valence electrons. The van der Waals surface area contributed by atoms with Crippen LogP contribution in [0, 0.1) is 11.3 Å². The van der Waals surface area contributed by atoms with Crippen LogP contribution in [0.4, 0.5) is 0 Å². The maximum Gasteiger partial charge on any atom is 0.266 e. The lowest BCUT2D eigenvalue weighted by Gasteiger charge is -2.35. The van der Waals surface area contributed by atoms with Crippen molar-refractivity contribution in [2.75, 3.05) is 13.1 Å². The largest absolute Gasteiger partial charge is 0.372 e. The van der Waals surface area contributed by atoms with Crippen molar-refractivity contribution in [3.05, 3.63) is 63.4 Å². The predicted molar refractivity (Wildman–Crippen MR) is 114 cm³/mol. The Morgan fingerprint density at radius 1 is 1.17 bits per heavy atom. The van der Waals surface area contributed by atoms with Gasteiger partial charge < -0.3 is 15.0 Å². The van der Waals surface area contributed by atoms with Crippen molar-refractivity contribution in [1.82, 2.24) is 10.2 Å². The van der Waals surface area contributed by atoms with Gasteiger partial charge >= 0.3 is 0 Å². The summed E-state index contributed by atoms with van der Waals surface area (Å²) in [5, 5.41) is 14.5. The van der Waals surface area contributed by atoms with Crippen LogP contribution in [-0.2, 0) is 9.53 Å². The van der Waals surface area contributed by atoms with E-state index in [1.54, 1.807) is 23.1 Å². The number of morpholine rings is 1.